The Labute approximate surface area is 161 Å². The minimum atomic E-state index is -0.861. The van der Waals surface area contributed by atoms with Crippen molar-refractivity contribution >= 4 is 29.2 Å². The first-order chi connectivity index (χ1) is 13.3. The van der Waals surface area contributed by atoms with E-state index in [9.17, 15) is 18.8 Å². The van der Waals surface area contributed by atoms with Gasteiger partial charge in [0.2, 0.25) is 5.91 Å². The molecule has 0 radical (unpaired) electrons. The van der Waals surface area contributed by atoms with Crippen LogP contribution in [0.1, 0.15) is 10.4 Å². The fourth-order valence-corrected chi connectivity index (χ4v) is 2.24. The Hall–Kier alpha value is -3.62. The van der Waals surface area contributed by atoms with E-state index in [1.807, 2.05) is 0 Å². The number of benzene rings is 2. The Bertz CT molecular complexity index is 888. The highest BCUT2D eigenvalue weighted by Crippen LogP contribution is 2.17. The van der Waals surface area contributed by atoms with Crippen molar-refractivity contribution in [2.45, 2.75) is 0 Å². The maximum absolute atomic E-state index is 13.0. The van der Waals surface area contributed by atoms with E-state index in [1.165, 1.54) is 20.2 Å². The van der Waals surface area contributed by atoms with Crippen LogP contribution in [-0.2, 0) is 14.3 Å². The highest BCUT2D eigenvalue weighted by molar-refractivity contribution is 5.97. The Morgan fingerprint density at radius 2 is 1.93 bits per heavy atom. The standard InChI is InChI=1S/C19H20FN3O5/c1-23(10-17(24)22-13-4-3-5-14(9-13)27-2)18(25)11-28-19(26)15-7-6-12(20)8-16(15)21/h3-9H,10-11,21H2,1-2H3,(H,22,24). The van der Waals surface area contributed by atoms with Gasteiger partial charge in [-0.1, -0.05) is 6.07 Å². The summed E-state index contributed by atoms with van der Waals surface area (Å²) in [5, 5.41) is 2.63. The summed E-state index contributed by atoms with van der Waals surface area (Å²) >= 11 is 0. The lowest BCUT2D eigenvalue weighted by Gasteiger charge is -2.17. The number of nitrogen functional groups attached to an aromatic ring is 1. The number of anilines is 2. The van der Waals surface area contributed by atoms with Gasteiger partial charge in [-0.25, -0.2) is 9.18 Å². The van der Waals surface area contributed by atoms with E-state index in [4.69, 9.17) is 15.2 Å². The molecule has 28 heavy (non-hydrogen) atoms. The average Bonchev–Trinajstić information content (AvgIpc) is 2.65. The number of nitrogens with two attached hydrogens (primary N) is 1. The maximum atomic E-state index is 13.0. The van der Waals surface area contributed by atoms with Crippen molar-refractivity contribution in [2.75, 3.05) is 38.4 Å². The van der Waals surface area contributed by atoms with Crippen molar-refractivity contribution in [2.24, 2.45) is 0 Å². The third-order valence-electron chi connectivity index (χ3n) is 3.72. The third-order valence-corrected chi connectivity index (χ3v) is 3.72. The molecule has 2 aromatic rings. The van der Waals surface area contributed by atoms with Crippen LogP contribution < -0.4 is 15.8 Å². The van der Waals surface area contributed by atoms with Gasteiger partial charge in [0.1, 0.15) is 11.6 Å². The highest BCUT2D eigenvalue weighted by Gasteiger charge is 2.17. The molecule has 2 rings (SSSR count). The molecule has 0 aliphatic rings. The second-order valence-electron chi connectivity index (χ2n) is 5.84. The van der Waals surface area contributed by atoms with Gasteiger partial charge in [0.25, 0.3) is 5.91 Å². The number of carbonyl (C=O) groups is 3. The molecular formula is C19H20FN3O5. The van der Waals surface area contributed by atoms with E-state index in [2.05, 4.69) is 5.32 Å². The summed E-state index contributed by atoms with van der Waals surface area (Å²) in [5.41, 5.74) is 5.92. The summed E-state index contributed by atoms with van der Waals surface area (Å²) in [4.78, 5) is 37.2. The first kappa shape index (κ1) is 20.7. The molecule has 2 aromatic carbocycles. The first-order valence-electron chi connectivity index (χ1n) is 8.20. The number of methoxy groups -OCH3 is 1. The number of ether oxygens (including phenoxy) is 2. The Kier molecular flexibility index (Phi) is 6.91. The van der Waals surface area contributed by atoms with Gasteiger partial charge in [0.15, 0.2) is 6.61 Å². The van der Waals surface area contributed by atoms with E-state index < -0.39 is 30.2 Å². The number of nitrogens with one attached hydrogen (secondary N) is 1. The Balaban J connectivity index is 1.84. The lowest BCUT2D eigenvalue weighted by molar-refractivity contribution is -0.136. The number of carbonyl (C=O) groups excluding carboxylic acids is 3. The van der Waals surface area contributed by atoms with Crippen molar-refractivity contribution in [3.63, 3.8) is 0 Å². The molecule has 9 heteroatoms. The van der Waals surface area contributed by atoms with Gasteiger partial charge in [-0.15, -0.1) is 0 Å². The molecule has 2 amide bonds. The van der Waals surface area contributed by atoms with Gasteiger partial charge in [-0.05, 0) is 30.3 Å². The van der Waals surface area contributed by atoms with Crippen LogP contribution >= 0.6 is 0 Å². The van der Waals surface area contributed by atoms with Crippen LogP contribution in [0.5, 0.6) is 5.75 Å². The SMILES string of the molecule is COc1cccc(NC(=O)CN(C)C(=O)COC(=O)c2ccc(F)cc2N)c1. The molecule has 0 fully saturated rings. The lowest BCUT2D eigenvalue weighted by Crippen LogP contribution is -2.37. The van der Waals surface area contributed by atoms with Gasteiger partial charge in [-0.2, -0.15) is 0 Å². The summed E-state index contributed by atoms with van der Waals surface area (Å²) < 4.78 is 23.0. The van der Waals surface area contributed by atoms with Gasteiger partial charge >= 0.3 is 5.97 Å². The van der Waals surface area contributed by atoms with E-state index in [-0.39, 0.29) is 17.8 Å². The zero-order valence-electron chi connectivity index (χ0n) is 15.4. The van der Waals surface area contributed by atoms with E-state index in [0.29, 0.717) is 11.4 Å². The molecule has 0 saturated heterocycles. The van der Waals surface area contributed by atoms with E-state index >= 15 is 0 Å². The highest BCUT2D eigenvalue weighted by atomic mass is 19.1. The molecule has 3 N–H and O–H groups in total. The smallest absolute Gasteiger partial charge is 0.340 e. The number of rotatable bonds is 7. The molecule has 0 aliphatic carbocycles. The molecule has 0 heterocycles. The zero-order chi connectivity index (χ0) is 20.7. The van der Waals surface area contributed by atoms with Gasteiger partial charge in [0.05, 0.1) is 19.2 Å². The normalized spacial score (nSPS) is 10.1. The van der Waals surface area contributed by atoms with Crippen LogP contribution in [0.15, 0.2) is 42.5 Å². The summed E-state index contributed by atoms with van der Waals surface area (Å²) in [6, 6.07) is 9.96. The van der Waals surface area contributed by atoms with Crippen LogP contribution in [0.25, 0.3) is 0 Å². The molecule has 0 bridgehead atoms. The number of hydrogen-bond acceptors (Lipinski definition) is 6. The summed E-state index contributed by atoms with van der Waals surface area (Å²) in [6.07, 6.45) is 0. The number of nitrogens with zero attached hydrogens (tertiary/aromatic N) is 1. The predicted molar refractivity (Wildman–Crippen MR) is 100 cm³/mol. The Morgan fingerprint density at radius 3 is 2.61 bits per heavy atom. The summed E-state index contributed by atoms with van der Waals surface area (Å²) in [6.45, 7) is -0.829. The average molecular weight is 389 g/mol. The summed E-state index contributed by atoms with van der Waals surface area (Å²) in [7, 11) is 2.90. The van der Waals surface area contributed by atoms with Crippen LogP contribution in [0.4, 0.5) is 15.8 Å². The van der Waals surface area contributed by atoms with Gasteiger partial charge in [0, 0.05) is 24.5 Å². The van der Waals surface area contributed by atoms with Crippen LogP contribution in [0, 0.1) is 5.82 Å². The topological polar surface area (TPSA) is 111 Å². The minimum Gasteiger partial charge on any atom is -0.497 e. The zero-order valence-corrected chi connectivity index (χ0v) is 15.4. The second kappa shape index (κ2) is 9.36. The lowest BCUT2D eigenvalue weighted by atomic mass is 10.2. The first-order valence-corrected chi connectivity index (χ1v) is 8.20. The maximum Gasteiger partial charge on any atom is 0.340 e. The van der Waals surface area contributed by atoms with E-state index in [1.54, 1.807) is 24.3 Å². The third kappa shape index (κ3) is 5.70. The fraction of sp³-hybridized carbons (Fsp3) is 0.211. The van der Waals surface area contributed by atoms with Crippen molar-refractivity contribution < 1.29 is 28.2 Å². The van der Waals surface area contributed by atoms with E-state index in [0.717, 1.165) is 17.0 Å². The molecule has 0 spiro atoms. The van der Waals surface area contributed by atoms with Crippen LogP contribution in [-0.4, -0.2) is 50.0 Å². The van der Waals surface area contributed by atoms with Gasteiger partial charge in [-0.3, -0.25) is 9.59 Å². The summed E-state index contributed by atoms with van der Waals surface area (Å²) in [5.74, 6) is -1.89. The monoisotopic (exact) mass is 389 g/mol. The van der Waals surface area contributed by atoms with Crippen molar-refractivity contribution in [3.05, 3.63) is 53.8 Å². The van der Waals surface area contributed by atoms with Crippen molar-refractivity contribution in [3.8, 4) is 5.75 Å². The number of amides is 2. The molecule has 0 unspecified atom stereocenters. The molecule has 148 valence electrons. The molecule has 0 atom stereocenters. The fourth-order valence-electron chi connectivity index (χ4n) is 2.24. The van der Waals surface area contributed by atoms with Crippen LogP contribution in [0.3, 0.4) is 0 Å². The van der Waals surface area contributed by atoms with Crippen LogP contribution in [0.2, 0.25) is 0 Å². The predicted octanol–water partition coefficient (Wildman–Crippen LogP) is 1.67. The molecule has 0 aromatic heterocycles. The van der Waals surface area contributed by atoms with Crippen molar-refractivity contribution in [1.82, 2.24) is 4.90 Å². The minimum absolute atomic E-state index is 0.0485. The largest absolute Gasteiger partial charge is 0.497 e. The molecule has 0 saturated carbocycles. The van der Waals surface area contributed by atoms with Gasteiger partial charge < -0.3 is 25.4 Å². The number of esters is 1. The second-order valence-corrected chi connectivity index (χ2v) is 5.84. The molecular weight excluding hydrogens is 369 g/mol. The molecule has 0 aliphatic heterocycles. The number of halogens is 1. The quantitative estimate of drug-likeness (QED) is 0.550. The molecule has 8 nitrogen and oxygen atoms in total. The number of hydrogen-bond donors (Lipinski definition) is 2. The number of likely N-dealkylation sites (N-methyl/N-ethyl adjacent to an activating group) is 1. The Morgan fingerprint density at radius 1 is 1.18 bits per heavy atom. The van der Waals surface area contributed by atoms with Crippen molar-refractivity contribution in [1.29, 1.82) is 0 Å².